The van der Waals surface area contributed by atoms with Gasteiger partial charge in [0.25, 0.3) is 0 Å². The first kappa shape index (κ1) is 10.1. The molecular weight excluding hydrogens is 211 g/mol. The summed E-state index contributed by atoms with van der Waals surface area (Å²) in [5, 5.41) is 0.896. The van der Waals surface area contributed by atoms with E-state index in [2.05, 4.69) is 10.4 Å². The molecule has 0 atom stereocenters. The van der Waals surface area contributed by atoms with Crippen LogP contribution < -0.4 is 17.0 Å². The van der Waals surface area contributed by atoms with Crippen LogP contribution >= 0.6 is 23.2 Å². The first-order valence-corrected chi connectivity index (χ1v) is 4.15. The first-order chi connectivity index (χ1) is 6.13. The third kappa shape index (κ3) is 2.77. The summed E-state index contributed by atoms with van der Waals surface area (Å²) in [6, 6.07) is 4.90. The molecule has 0 aromatic heterocycles. The van der Waals surface area contributed by atoms with Gasteiger partial charge >= 0.3 is 0 Å². The van der Waals surface area contributed by atoms with E-state index in [4.69, 9.17) is 34.8 Å². The normalized spacial score (nSPS) is 11.5. The van der Waals surface area contributed by atoms with Crippen molar-refractivity contribution in [1.82, 2.24) is 5.43 Å². The van der Waals surface area contributed by atoms with Crippen LogP contribution in [0.1, 0.15) is 0 Å². The molecule has 0 aliphatic carbocycles. The monoisotopic (exact) mass is 218 g/mol. The highest BCUT2D eigenvalue weighted by Crippen LogP contribution is 2.26. The van der Waals surface area contributed by atoms with Gasteiger partial charge in [0.05, 0.1) is 15.7 Å². The van der Waals surface area contributed by atoms with Crippen LogP contribution in [0.25, 0.3) is 0 Å². The van der Waals surface area contributed by atoms with Crippen molar-refractivity contribution in [3.8, 4) is 0 Å². The van der Waals surface area contributed by atoms with Crippen LogP contribution in [0.4, 0.5) is 5.69 Å². The summed E-state index contributed by atoms with van der Waals surface area (Å²) >= 11 is 11.4. The van der Waals surface area contributed by atoms with Crippen molar-refractivity contribution in [2.45, 2.75) is 0 Å². The molecule has 0 aliphatic heterocycles. The molecule has 6 heteroatoms. The van der Waals surface area contributed by atoms with Gasteiger partial charge in [-0.2, -0.15) is 0 Å². The van der Waals surface area contributed by atoms with Crippen LogP contribution in [0.3, 0.4) is 0 Å². The zero-order valence-corrected chi connectivity index (χ0v) is 8.10. The molecule has 0 bridgehead atoms. The molecule has 0 saturated heterocycles. The van der Waals surface area contributed by atoms with Crippen molar-refractivity contribution in [2.24, 2.45) is 16.6 Å². The molecule has 1 aromatic carbocycles. The Morgan fingerprint density at radius 1 is 1.31 bits per heavy atom. The van der Waals surface area contributed by atoms with Crippen molar-refractivity contribution >= 4 is 34.8 Å². The number of nitrogens with zero attached hydrogens (tertiary/aromatic N) is 1. The molecule has 0 amide bonds. The maximum absolute atomic E-state index is 5.75. The zero-order valence-electron chi connectivity index (χ0n) is 6.59. The Labute approximate surface area is 85.5 Å². The molecule has 0 radical (unpaired) electrons. The fourth-order valence-corrected chi connectivity index (χ4v) is 1.02. The van der Waals surface area contributed by atoms with E-state index in [9.17, 15) is 0 Å². The Balaban J connectivity index is 2.98. The van der Waals surface area contributed by atoms with E-state index in [1.165, 1.54) is 0 Å². The zero-order chi connectivity index (χ0) is 9.84. The lowest BCUT2D eigenvalue weighted by atomic mass is 10.3. The summed E-state index contributed by atoms with van der Waals surface area (Å²) in [5.74, 6) is 5.13. The molecule has 13 heavy (non-hydrogen) atoms. The summed E-state index contributed by atoms with van der Waals surface area (Å²) in [7, 11) is 0. The van der Waals surface area contributed by atoms with E-state index < -0.39 is 0 Å². The molecule has 1 rings (SSSR count). The standard InChI is InChI=1S/C7H8Cl2N4/c8-5-2-1-4(3-6(5)9)12-7(10)13-11/h1-3H,11H2,(H3,10,12,13). The van der Waals surface area contributed by atoms with Crippen molar-refractivity contribution < 1.29 is 0 Å². The Hall–Kier alpha value is -0.970. The van der Waals surface area contributed by atoms with E-state index >= 15 is 0 Å². The number of guanidine groups is 1. The smallest absolute Gasteiger partial charge is 0.208 e. The van der Waals surface area contributed by atoms with E-state index in [1.54, 1.807) is 18.2 Å². The van der Waals surface area contributed by atoms with Crippen LogP contribution in [-0.4, -0.2) is 5.96 Å². The molecule has 0 spiro atoms. The average molecular weight is 219 g/mol. The second kappa shape index (κ2) is 4.32. The van der Waals surface area contributed by atoms with Gasteiger partial charge in [0.2, 0.25) is 5.96 Å². The van der Waals surface area contributed by atoms with Crippen molar-refractivity contribution in [2.75, 3.05) is 0 Å². The topological polar surface area (TPSA) is 76.4 Å². The van der Waals surface area contributed by atoms with Gasteiger partial charge in [-0.3, -0.25) is 5.43 Å². The number of rotatable bonds is 1. The SMILES string of the molecule is NNC(N)=Nc1ccc(Cl)c(Cl)c1. The number of nitrogens with two attached hydrogens (primary N) is 2. The van der Waals surface area contributed by atoms with Crippen LogP contribution in [0.15, 0.2) is 23.2 Å². The van der Waals surface area contributed by atoms with E-state index in [0.29, 0.717) is 15.7 Å². The van der Waals surface area contributed by atoms with Crippen LogP contribution in [0.5, 0.6) is 0 Å². The molecular formula is C7H8Cl2N4. The molecule has 0 saturated carbocycles. The van der Waals surface area contributed by atoms with Gasteiger partial charge < -0.3 is 5.73 Å². The summed E-state index contributed by atoms with van der Waals surface area (Å²) < 4.78 is 0. The predicted octanol–water partition coefficient (Wildman–Crippen LogP) is 1.40. The number of hydrogen-bond acceptors (Lipinski definition) is 2. The maximum Gasteiger partial charge on any atom is 0.208 e. The summed E-state index contributed by atoms with van der Waals surface area (Å²) in [6.45, 7) is 0. The largest absolute Gasteiger partial charge is 0.369 e. The van der Waals surface area contributed by atoms with Gasteiger partial charge in [-0.05, 0) is 18.2 Å². The Bertz CT molecular complexity index is 337. The highest BCUT2D eigenvalue weighted by Gasteiger charge is 1.98. The maximum atomic E-state index is 5.75. The second-order valence-electron chi connectivity index (χ2n) is 2.24. The minimum atomic E-state index is 0.110. The van der Waals surface area contributed by atoms with Gasteiger partial charge in [0, 0.05) is 0 Å². The number of nitrogens with one attached hydrogen (secondary N) is 1. The van der Waals surface area contributed by atoms with Crippen LogP contribution in [0.2, 0.25) is 10.0 Å². The third-order valence-corrected chi connectivity index (χ3v) is 2.04. The summed E-state index contributed by atoms with van der Waals surface area (Å²) in [6.07, 6.45) is 0. The molecule has 70 valence electrons. The van der Waals surface area contributed by atoms with E-state index in [1.807, 2.05) is 0 Å². The number of benzene rings is 1. The molecule has 0 unspecified atom stereocenters. The lowest BCUT2D eigenvalue weighted by molar-refractivity contribution is 1.01. The molecule has 5 N–H and O–H groups in total. The number of aliphatic imine (C=N–C) groups is 1. The highest BCUT2D eigenvalue weighted by atomic mass is 35.5. The number of halogens is 2. The Morgan fingerprint density at radius 3 is 2.54 bits per heavy atom. The van der Waals surface area contributed by atoms with Crippen LogP contribution in [-0.2, 0) is 0 Å². The molecule has 4 nitrogen and oxygen atoms in total. The van der Waals surface area contributed by atoms with Gasteiger partial charge in [-0.25, -0.2) is 10.8 Å². The van der Waals surface area contributed by atoms with Crippen molar-refractivity contribution in [1.29, 1.82) is 0 Å². The lowest BCUT2D eigenvalue weighted by Gasteiger charge is -1.99. The van der Waals surface area contributed by atoms with Gasteiger partial charge in [-0.15, -0.1) is 0 Å². The fourth-order valence-electron chi connectivity index (χ4n) is 0.726. The van der Waals surface area contributed by atoms with Crippen LogP contribution in [0, 0.1) is 0 Å². The minimum Gasteiger partial charge on any atom is -0.369 e. The predicted molar refractivity (Wildman–Crippen MR) is 55.1 cm³/mol. The number of hydrogen-bond donors (Lipinski definition) is 3. The summed E-state index contributed by atoms with van der Waals surface area (Å²) in [4.78, 5) is 3.89. The lowest BCUT2D eigenvalue weighted by Crippen LogP contribution is -2.36. The third-order valence-electron chi connectivity index (χ3n) is 1.30. The molecule has 0 heterocycles. The van der Waals surface area contributed by atoms with Gasteiger partial charge in [0.15, 0.2) is 0 Å². The van der Waals surface area contributed by atoms with Gasteiger partial charge in [-0.1, -0.05) is 23.2 Å². The quantitative estimate of drug-likeness (QED) is 0.289. The average Bonchev–Trinajstić information content (AvgIpc) is 2.11. The van der Waals surface area contributed by atoms with E-state index in [0.717, 1.165) is 0 Å². The molecule has 0 fully saturated rings. The fraction of sp³-hybridized carbons (Fsp3) is 0. The van der Waals surface area contributed by atoms with Crippen molar-refractivity contribution in [3.05, 3.63) is 28.2 Å². The van der Waals surface area contributed by atoms with Gasteiger partial charge in [0.1, 0.15) is 0 Å². The summed E-state index contributed by atoms with van der Waals surface area (Å²) in [5.41, 5.74) is 8.12. The van der Waals surface area contributed by atoms with Crippen molar-refractivity contribution in [3.63, 3.8) is 0 Å². The Kier molecular flexibility index (Phi) is 3.36. The van der Waals surface area contributed by atoms with E-state index in [-0.39, 0.29) is 5.96 Å². The highest BCUT2D eigenvalue weighted by molar-refractivity contribution is 6.42. The molecule has 1 aromatic rings. The molecule has 0 aliphatic rings. The number of hydrazine groups is 1. The minimum absolute atomic E-state index is 0.110. The Morgan fingerprint density at radius 2 is 2.00 bits per heavy atom. The second-order valence-corrected chi connectivity index (χ2v) is 3.05. The first-order valence-electron chi connectivity index (χ1n) is 3.39.